The van der Waals surface area contributed by atoms with Gasteiger partial charge in [-0.15, -0.1) is 0 Å². The molecule has 2 fully saturated rings. The molecule has 0 spiro atoms. The van der Waals surface area contributed by atoms with Crippen LogP contribution in [-0.2, 0) is 15.8 Å². The standard InChI is InChI=1S/C17H19F3N2O2/c18-17(19,20)10-4-3-7-12(8-10)22-16(24)14-9-13(14)15(23)21-11-5-1-2-6-11/h3-4,7-8,11,13-14H,1-2,5-6,9H2,(H,21,23)(H,22,24). The van der Waals surface area contributed by atoms with Gasteiger partial charge in [-0.25, -0.2) is 0 Å². The fraction of sp³-hybridized carbons (Fsp3) is 0.529. The molecule has 0 radical (unpaired) electrons. The minimum Gasteiger partial charge on any atom is -0.353 e. The third-order valence-electron chi connectivity index (χ3n) is 4.62. The molecule has 2 amide bonds. The predicted molar refractivity (Wildman–Crippen MR) is 82.1 cm³/mol. The molecule has 4 nitrogen and oxygen atoms in total. The van der Waals surface area contributed by atoms with Gasteiger partial charge in [0, 0.05) is 11.7 Å². The third kappa shape index (κ3) is 3.88. The molecule has 2 saturated carbocycles. The van der Waals surface area contributed by atoms with Gasteiger partial charge in [0.1, 0.15) is 0 Å². The molecule has 0 aromatic heterocycles. The van der Waals surface area contributed by atoms with E-state index in [1.165, 1.54) is 12.1 Å². The average molecular weight is 340 g/mol. The van der Waals surface area contributed by atoms with E-state index in [-0.39, 0.29) is 23.6 Å². The average Bonchev–Trinajstić information content (AvgIpc) is 3.18. The van der Waals surface area contributed by atoms with Crippen molar-refractivity contribution in [2.75, 3.05) is 5.32 Å². The fourth-order valence-corrected chi connectivity index (χ4v) is 3.16. The lowest BCUT2D eigenvalue weighted by atomic mass is 10.2. The normalized spacial score (nSPS) is 23.8. The quantitative estimate of drug-likeness (QED) is 0.883. The Balaban J connectivity index is 1.54. The molecule has 0 aliphatic heterocycles. The zero-order valence-electron chi connectivity index (χ0n) is 13.0. The molecule has 3 rings (SSSR count). The number of halogens is 3. The summed E-state index contributed by atoms with van der Waals surface area (Å²) >= 11 is 0. The van der Waals surface area contributed by atoms with Crippen LogP contribution in [-0.4, -0.2) is 17.9 Å². The minimum atomic E-state index is -4.45. The third-order valence-corrected chi connectivity index (χ3v) is 4.62. The Bertz CT molecular complexity index is 639. The lowest BCUT2D eigenvalue weighted by Gasteiger charge is -2.12. The van der Waals surface area contributed by atoms with E-state index in [0.717, 1.165) is 37.8 Å². The molecular formula is C17H19F3N2O2. The molecule has 130 valence electrons. The van der Waals surface area contributed by atoms with Crippen LogP contribution in [0, 0.1) is 11.8 Å². The van der Waals surface area contributed by atoms with Crippen molar-refractivity contribution in [3.8, 4) is 0 Å². The SMILES string of the molecule is O=C(Nc1cccc(C(F)(F)F)c1)C1CC1C(=O)NC1CCCC1. The summed E-state index contributed by atoms with van der Waals surface area (Å²) in [6.07, 6.45) is 0.149. The van der Waals surface area contributed by atoms with Gasteiger partial charge < -0.3 is 10.6 Å². The van der Waals surface area contributed by atoms with Crippen molar-refractivity contribution in [2.24, 2.45) is 11.8 Å². The molecule has 1 aromatic carbocycles. The lowest BCUT2D eigenvalue weighted by Crippen LogP contribution is -2.34. The number of carbonyl (C=O) groups excluding carboxylic acids is 2. The summed E-state index contributed by atoms with van der Waals surface area (Å²) in [6.45, 7) is 0. The minimum absolute atomic E-state index is 0.0941. The maximum atomic E-state index is 12.7. The number of nitrogens with one attached hydrogen (secondary N) is 2. The van der Waals surface area contributed by atoms with Crippen molar-refractivity contribution in [1.82, 2.24) is 5.32 Å². The number of amides is 2. The second kappa shape index (κ2) is 6.45. The van der Waals surface area contributed by atoms with Crippen molar-refractivity contribution >= 4 is 17.5 Å². The number of carbonyl (C=O) groups is 2. The van der Waals surface area contributed by atoms with Crippen LogP contribution in [0.4, 0.5) is 18.9 Å². The van der Waals surface area contributed by atoms with Crippen LogP contribution in [0.1, 0.15) is 37.7 Å². The van der Waals surface area contributed by atoms with E-state index in [4.69, 9.17) is 0 Å². The zero-order chi connectivity index (χ0) is 17.3. The Morgan fingerprint density at radius 1 is 1.04 bits per heavy atom. The molecule has 0 heterocycles. The number of hydrogen-bond acceptors (Lipinski definition) is 2. The van der Waals surface area contributed by atoms with Gasteiger partial charge in [0.25, 0.3) is 0 Å². The van der Waals surface area contributed by atoms with Crippen LogP contribution in [0.25, 0.3) is 0 Å². The van der Waals surface area contributed by atoms with Gasteiger partial charge in [0.15, 0.2) is 0 Å². The molecule has 2 aliphatic rings. The van der Waals surface area contributed by atoms with Gasteiger partial charge in [-0.05, 0) is 37.5 Å². The first-order chi connectivity index (χ1) is 11.3. The van der Waals surface area contributed by atoms with Crippen LogP contribution in [0.3, 0.4) is 0 Å². The van der Waals surface area contributed by atoms with Crippen LogP contribution < -0.4 is 10.6 Å². The highest BCUT2D eigenvalue weighted by Crippen LogP contribution is 2.40. The van der Waals surface area contributed by atoms with E-state index >= 15 is 0 Å². The Morgan fingerprint density at radius 3 is 2.38 bits per heavy atom. The first-order valence-corrected chi connectivity index (χ1v) is 8.13. The second-order valence-corrected chi connectivity index (χ2v) is 6.51. The van der Waals surface area contributed by atoms with Crippen molar-refractivity contribution in [1.29, 1.82) is 0 Å². The van der Waals surface area contributed by atoms with Crippen molar-refractivity contribution in [2.45, 2.75) is 44.3 Å². The molecule has 0 bridgehead atoms. The molecule has 2 aliphatic carbocycles. The molecular weight excluding hydrogens is 321 g/mol. The Kier molecular flexibility index (Phi) is 4.51. The lowest BCUT2D eigenvalue weighted by molar-refractivity contribution is -0.137. The highest BCUT2D eigenvalue weighted by Gasteiger charge is 2.48. The molecule has 7 heteroatoms. The van der Waals surface area contributed by atoms with Gasteiger partial charge in [-0.3, -0.25) is 9.59 Å². The van der Waals surface area contributed by atoms with Crippen LogP contribution in [0.5, 0.6) is 0 Å². The number of hydrogen-bond donors (Lipinski definition) is 2. The highest BCUT2D eigenvalue weighted by atomic mass is 19.4. The molecule has 2 atom stereocenters. The van der Waals surface area contributed by atoms with Crippen molar-refractivity contribution in [3.05, 3.63) is 29.8 Å². The Labute approximate surface area is 137 Å². The predicted octanol–water partition coefficient (Wildman–Crippen LogP) is 3.34. The summed E-state index contributed by atoms with van der Waals surface area (Å²) in [5.41, 5.74) is -0.719. The first kappa shape index (κ1) is 16.8. The van der Waals surface area contributed by atoms with E-state index in [1.54, 1.807) is 0 Å². The maximum absolute atomic E-state index is 12.7. The van der Waals surface area contributed by atoms with Crippen molar-refractivity contribution in [3.63, 3.8) is 0 Å². The largest absolute Gasteiger partial charge is 0.416 e. The van der Waals surface area contributed by atoms with Gasteiger partial charge in [-0.1, -0.05) is 18.9 Å². The van der Waals surface area contributed by atoms with Crippen LogP contribution in [0.15, 0.2) is 24.3 Å². The van der Waals surface area contributed by atoms with Gasteiger partial charge >= 0.3 is 6.18 Å². The Morgan fingerprint density at radius 2 is 1.71 bits per heavy atom. The molecule has 2 unspecified atom stereocenters. The van der Waals surface area contributed by atoms with E-state index in [2.05, 4.69) is 10.6 Å². The fourth-order valence-electron chi connectivity index (χ4n) is 3.16. The summed E-state index contributed by atoms with van der Waals surface area (Å²) < 4.78 is 38.0. The molecule has 24 heavy (non-hydrogen) atoms. The number of alkyl halides is 3. The summed E-state index contributed by atoms with van der Waals surface area (Å²) in [5.74, 6) is -1.34. The number of rotatable bonds is 4. The van der Waals surface area contributed by atoms with E-state index in [9.17, 15) is 22.8 Å². The highest BCUT2D eigenvalue weighted by molar-refractivity contribution is 5.99. The summed E-state index contributed by atoms with van der Waals surface area (Å²) in [6, 6.07) is 4.70. The van der Waals surface area contributed by atoms with E-state index in [0.29, 0.717) is 6.42 Å². The van der Waals surface area contributed by atoms with Crippen molar-refractivity contribution < 1.29 is 22.8 Å². The smallest absolute Gasteiger partial charge is 0.353 e. The Hall–Kier alpha value is -2.05. The molecule has 0 saturated heterocycles. The van der Waals surface area contributed by atoms with Gasteiger partial charge in [0.05, 0.1) is 17.4 Å². The van der Waals surface area contributed by atoms with Gasteiger partial charge in [0.2, 0.25) is 11.8 Å². The maximum Gasteiger partial charge on any atom is 0.416 e. The van der Waals surface area contributed by atoms with Crippen LogP contribution >= 0.6 is 0 Å². The number of anilines is 1. The molecule has 2 N–H and O–H groups in total. The zero-order valence-corrected chi connectivity index (χ0v) is 13.0. The molecule has 1 aromatic rings. The number of benzene rings is 1. The second-order valence-electron chi connectivity index (χ2n) is 6.51. The van der Waals surface area contributed by atoms with E-state index in [1.807, 2.05) is 0 Å². The first-order valence-electron chi connectivity index (χ1n) is 8.13. The van der Waals surface area contributed by atoms with Gasteiger partial charge in [-0.2, -0.15) is 13.2 Å². The van der Waals surface area contributed by atoms with Crippen LogP contribution in [0.2, 0.25) is 0 Å². The van der Waals surface area contributed by atoms with E-state index < -0.39 is 23.6 Å². The monoisotopic (exact) mass is 340 g/mol. The topological polar surface area (TPSA) is 58.2 Å². The summed E-state index contributed by atoms with van der Waals surface area (Å²) in [7, 11) is 0. The summed E-state index contributed by atoms with van der Waals surface area (Å²) in [5, 5.41) is 5.43. The summed E-state index contributed by atoms with van der Waals surface area (Å²) in [4.78, 5) is 24.2.